The standard InChI is InChI=1S/C17H25N3S/c1-13-8-9-17(21-13)16-7-5-4-6-10-20(16)12-15-11-19(3)18-14(15)2/h8-9,11,16H,4-7,10,12H2,1-3H3/t16-/m1/s1. The van der Waals surface area contributed by atoms with Crippen molar-refractivity contribution in [2.24, 2.45) is 7.05 Å². The highest BCUT2D eigenvalue weighted by molar-refractivity contribution is 7.12. The number of likely N-dealkylation sites (tertiary alicyclic amines) is 1. The van der Waals surface area contributed by atoms with Gasteiger partial charge in [-0.2, -0.15) is 5.10 Å². The maximum absolute atomic E-state index is 4.49. The zero-order valence-electron chi connectivity index (χ0n) is 13.3. The van der Waals surface area contributed by atoms with E-state index >= 15 is 0 Å². The Balaban J connectivity index is 1.83. The van der Waals surface area contributed by atoms with E-state index in [-0.39, 0.29) is 0 Å². The Hall–Kier alpha value is -1.13. The summed E-state index contributed by atoms with van der Waals surface area (Å²) in [6.45, 7) is 6.56. The number of hydrogen-bond donors (Lipinski definition) is 0. The summed E-state index contributed by atoms with van der Waals surface area (Å²) in [4.78, 5) is 5.63. The van der Waals surface area contributed by atoms with Gasteiger partial charge in [-0.1, -0.05) is 12.8 Å². The zero-order valence-corrected chi connectivity index (χ0v) is 14.1. The Bertz CT molecular complexity index is 599. The Morgan fingerprint density at radius 2 is 2.10 bits per heavy atom. The number of nitrogens with zero attached hydrogens (tertiary/aromatic N) is 3. The third-order valence-electron chi connectivity index (χ3n) is 4.44. The Morgan fingerprint density at radius 3 is 2.76 bits per heavy atom. The molecular weight excluding hydrogens is 278 g/mol. The van der Waals surface area contributed by atoms with Crippen LogP contribution >= 0.6 is 11.3 Å². The second-order valence-electron chi connectivity index (χ2n) is 6.20. The lowest BCUT2D eigenvalue weighted by Crippen LogP contribution is -2.27. The summed E-state index contributed by atoms with van der Waals surface area (Å²) in [5.41, 5.74) is 2.54. The van der Waals surface area contributed by atoms with E-state index < -0.39 is 0 Å². The summed E-state index contributed by atoms with van der Waals surface area (Å²) in [6, 6.07) is 5.18. The summed E-state index contributed by atoms with van der Waals surface area (Å²) in [5, 5.41) is 4.49. The van der Waals surface area contributed by atoms with Crippen LogP contribution in [0.25, 0.3) is 0 Å². The van der Waals surface area contributed by atoms with E-state index in [4.69, 9.17) is 0 Å². The minimum absolute atomic E-state index is 0.589. The molecule has 1 fully saturated rings. The van der Waals surface area contributed by atoms with Crippen molar-refractivity contribution in [3.63, 3.8) is 0 Å². The molecule has 0 bridgehead atoms. The van der Waals surface area contributed by atoms with E-state index in [1.165, 1.54) is 53.2 Å². The molecule has 0 N–H and O–H groups in total. The van der Waals surface area contributed by atoms with Crippen molar-refractivity contribution in [2.75, 3.05) is 6.54 Å². The van der Waals surface area contributed by atoms with E-state index in [0.717, 1.165) is 6.54 Å². The molecule has 0 unspecified atom stereocenters. The smallest absolute Gasteiger partial charge is 0.0638 e. The second-order valence-corrected chi connectivity index (χ2v) is 7.52. The second kappa shape index (κ2) is 6.32. The molecule has 0 radical (unpaired) electrons. The first kappa shape index (κ1) is 14.8. The predicted octanol–water partition coefficient (Wildman–Crippen LogP) is 4.22. The molecule has 3 nitrogen and oxygen atoms in total. The van der Waals surface area contributed by atoms with Crippen molar-refractivity contribution >= 4 is 11.3 Å². The highest BCUT2D eigenvalue weighted by Crippen LogP contribution is 2.35. The first-order chi connectivity index (χ1) is 10.1. The number of thiophene rings is 1. The molecule has 3 heterocycles. The average Bonchev–Trinajstić information content (AvgIpc) is 2.90. The van der Waals surface area contributed by atoms with E-state index in [1.807, 2.05) is 23.1 Å². The lowest BCUT2D eigenvalue weighted by Gasteiger charge is -2.29. The van der Waals surface area contributed by atoms with E-state index in [0.29, 0.717) is 6.04 Å². The van der Waals surface area contributed by atoms with Crippen molar-refractivity contribution < 1.29 is 0 Å². The molecule has 1 saturated heterocycles. The van der Waals surface area contributed by atoms with Crippen LogP contribution in [0.4, 0.5) is 0 Å². The lowest BCUT2D eigenvalue weighted by atomic mass is 10.1. The quantitative estimate of drug-likeness (QED) is 0.846. The number of aryl methyl sites for hydroxylation is 3. The summed E-state index contributed by atoms with van der Waals surface area (Å²) < 4.78 is 1.94. The summed E-state index contributed by atoms with van der Waals surface area (Å²) in [7, 11) is 2.01. The molecule has 1 aliphatic rings. The first-order valence-electron chi connectivity index (χ1n) is 7.93. The van der Waals surface area contributed by atoms with Crippen LogP contribution in [0.15, 0.2) is 18.3 Å². The topological polar surface area (TPSA) is 21.1 Å². The third kappa shape index (κ3) is 3.38. The molecule has 0 aromatic carbocycles. The van der Waals surface area contributed by atoms with Crippen LogP contribution in [0.3, 0.4) is 0 Å². The Labute approximate surface area is 131 Å². The highest BCUT2D eigenvalue weighted by atomic mass is 32.1. The van der Waals surface area contributed by atoms with Crippen LogP contribution in [-0.4, -0.2) is 21.2 Å². The maximum atomic E-state index is 4.49. The summed E-state index contributed by atoms with van der Waals surface area (Å²) in [6.07, 6.45) is 7.50. The third-order valence-corrected chi connectivity index (χ3v) is 5.54. The van der Waals surface area contributed by atoms with Crippen molar-refractivity contribution in [2.45, 2.75) is 52.1 Å². The fourth-order valence-electron chi connectivity index (χ4n) is 3.33. The van der Waals surface area contributed by atoms with E-state index in [9.17, 15) is 0 Å². The normalized spacial score (nSPS) is 20.6. The number of rotatable bonds is 3. The monoisotopic (exact) mass is 303 g/mol. The molecule has 1 atom stereocenters. The van der Waals surface area contributed by atoms with Crippen LogP contribution < -0.4 is 0 Å². The van der Waals surface area contributed by atoms with Gasteiger partial charge in [0.25, 0.3) is 0 Å². The van der Waals surface area contributed by atoms with Crippen molar-refractivity contribution in [3.05, 3.63) is 39.3 Å². The van der Waals surface area contributed by atoms with Crippen molar-refractivity contribution in [3.8, 4) is 0 Å². The lowest BCUT2D eigenvalue weighted by molar-refractivity contribution is 0.195. The Morgan fingerprint density at radius 1 is 1.24 bits per heavy atom. The minimum atomic E-state index is 0.589. The van der Waals surface area contributed by atoms with Crippen LogP contribution in [0.1, 0.15) is 52.7 Å². The minimum Gasteiger partial charge on any atom is -0.291 e. The van der Waals surface area contributed by atoms with Crippen molar-refractivity contribution in [1.82, 2.24) is 14.7 Å². The highest BCUT2D eigenvalue weighted by Gasteiger charge is 2.24. The zero-order chi connectivity index (χ0) is 14.8. The SMILES string of the molecule is Cc1ccc([C@H]2CCCCCN2Cc2cn(C)nc2C)s1. The molecule has 0 spiro atoms. The van der Waals surface area contributed by atoms with Gasteiger partial charge in [0.1, 0.15) is 0 Å². The molecule has 0 amide bonds. The fourth-order valence-corrected chi connectivity index (χ4v) is 4.38. The largest absolute Gasteiger partial charge is 0.291 e. The van der Waals surface area contributed by atoms with Gasteiger partial charge >= 0.3 is 0 Å². The van der Waals surface area contributed by atoms with Gasteiger partial charge in [-0.3, -0.25) is 9.58 Å². The van der Waals surface area contributed by atoms with Gasteiger partial charge in [0.15, 0.2) is 0 Å². The van der Waals surface area contributed by atoms with Gasteiger partial charge in [-0.15, -0.1) is 11.3 Å². The molecule has 3 rings (SSSR count). The number of aromatic nitrogens is 2. The molecular formula is C17H25N3S. The van der Waals surface area contributed by atoms with Gasteiger partial charge in [0.2, 0.25) is 0 Å². The Kier molecular flexibility index (Phi) is 4.45. The molecule has 0 saturated carbocycles. The first-order valence-corrected chi connectivity index (χ1v) is 8.74. The molecule has 0 aliphatic carbocycles. The fraction of sp³-hybridized carbons (Fsp3) is 0.588. The van der Waals surface area contributed by atoms with Gasteiger partial charge in [0, 0.05) is 41.1 Å². The molecule has 4 heteroatoms. The average molecular weight is 303 g/mol. The van der Waals surface area contributed by atoms with Gasteiger partial charge in [0.05, 0.1) is 5.69 Å². The van der Waals surface area contributed by atoms with Crippen LogP contribution in [-0.2, 0) is 13.6 Å². The maximum Gasteiger partial charge on any atom is 0.0638 e. The molecule has 2 aromatic rings. The molecule has 1 aliphatic heterocycles. The van der Waals surface area contributed by atoms with Crippen LogP contribution in [0, 0.1) is 13.8 Å². The molecule has 21 heavy (non-hydrogen) atoms. The van der Waals surface area contributed by atoms with E-state index in [2.05, 4.69) is 42.2 Å². The summed E-state index contributed by atoms with van der Waals surface area (Å²) >= 11 is 1.96. The van der Waals surface area contributed by atoms with E-state index in [1.54, 1.807) is 0 Å². The predicted molar refractivity (Wildman–Crippen MR) is 88.6 cm³/mol. The molecule has 114 valence electrons. The van der Waals surface area contributed by atoms with Gasteiger partial charge in [-0.05, 0) is 45.4 Å². The van der Waals surface area contributed by atoms with Gasteiger partial charge in [-0.25, -0.2) is 0 Å². The number of hydrogen-bond acceptors (Lipinski definition) is 3. The van der Waals surface area contributed by atoms with Gasteiger partial charge < -0.3 is 0 Å². The summed E-state index contributed by atoms with van der Waals surface area (Å²) in [5.74, 6) is 0. The molecule has 2 aromatic heterocycles. The van der Waals surface area contributed by atoms with Crippen molar-refractivity contribution in [1.29, 1.82) is 0 Å². The van der Waals surface area contributed by atoms with Crippen LogP contribution in [0.5, 0.6) is 0 Å². The van der Waals surface area contributed by atoms with Crippen LogP contribution in [0.2, 0.25) is 0 Å².